The molecule has 6 nitrogen and oxygen atoms in total. The van der Waals surface area contributed by atoms with Crippen LogP contribution in [0, 0.1) is 10.1 Å². The molecule has 0 atom stereocenters. The minimum atomic E-state index is -0.410. The largest absolute Gasteiger partial charge is 0.275 e. The zero-order chi connectivity index (χ0) is 15.9. The van der Waals surface area contributed by atoms with Gasteiger partial charge < -0.3 is 0 Å². The van der Waals surface area contributed by atoms with Crippen molar-refractivity contribution in [2.45, 2.75) is 18.6 Å². The third kappa shape index (κ3) is 4.42. The maximum absolute atomic E-state index is 11.3. The molecule has 1 aromatic carbocycles. The van der Waals surface area contributed by atoms with Crippen LogP contribution in [0.25, 0.3) is 0 Å². The van der Waals surface area contributed by atoms with Gasteiger partial charge >= 0.3 is 0 Å². The maximum Gasteiger partial charge on any atom is 0.269 e. The van der Waals surface area contributed by atoms with Gasteiger partial charge in [-0.1, -0.05) is 12.1 Å². The summed E-state index contributed by atoms with van der Waals surface area (Å²) in [5, 5.41) is 10.5. The Labute approximate surface area is 132 Å². The molecule has 1 aliphatic rings. The van der Waals surface area contributed by atoms with Gasteiger partial charge in [-0.25, -0.2) is 0 Å². The van der Waals surface area contributed by atoms with Crippen LogP contribution in [0.4, 0.5) is 5.69 Å². The first kappa shape index (κ1) is 16.2. The average Bonchev–Trinajstić information content (AvgIpc) is 2.82. The monoisotopic (exact) mass is 320 g/mol. The van der Waals surface area contributed by atoms with Crippen LogP contribution in [0.5, 0.6) is 0 Å². The highest BCUT2D eigenvalue weighted by atomic mass is 32.2. The number of thioether (sulfide) groups is 1. The van der Waals surface area contributed by atoms with Crippen LogP contribution < -0.4 is 0 Å². The van der Waals surface area contributed by atoms with Gasteiger partial charge in [0.15, 0.2) is 0 Å². The Morgan fingerprint density at radius 1 is 1.05 bits per heavy atom. The number of nitrogens with zero attached hydrogens (tertiary/aromatic N) is 2. The van der Waals surface area contributed by atoms with Crippen molar-refractivity contribution in [2.24, 2.45) is 0 Å². The van der Waals surface area contributed by atoms with Crippen LogP contribution in [0.1, 0.15) is 18.4 Å². The van der Waals surface area contributed by atoms with Gasteiger partial charge in [0.1, 0.15) is 0 Å². The van der Waals surface area contributed by atoms with E-state index in [2.05, 4.69) is 0 Å². The Balaban J connectivity index is 1.60. The van der Waals surface area contributed by atoms with E-state index in [1.165, 1.54) is 29.2 Å². The Morgan fingerprint density at radius 2 is 1.68 bits per heavy atom. The van der Waals surface area contributed by atoms with Crippen LogP contribution in [-0.4, -0.2) is 33.9 Å². The Bertz CT molecular complexity index is 580. The molecule has 0 spiro atoms. The highest BCUT2D eigenvalue weighted by Crippen LogP contribution is 2.18. The predicted molar refractivity (Wildman–Crippen MR) is 84.4 cm³/mol. The fourth-order valence-electron chi connectivity index (χ4n) is 2.03. The smallest absolute Gasteiger partial charge is 0.269 e. The minimum Gasteiger partial charge on any atom is -0.275 e. The van der Waals surface area contributed by atoms with Crippen LogP contribution >= 0.6 is 11.8 Å². The Morgan fingerprint density at radius 3 is 2.27 bits per heavy atom. The topological polar surface area (TPSA) is 80.5 Å². The predicted octanol–water partition coefficient (Wildman–Crippen LogP) is 2.53. The number of benzene rings is 1. The van der Waals surface area contributed by atoms with E-state index in [1.54, 1.807) is 23.9 Å². The molecule has 1 heterocycles. The number of imide groups is 1. The van der Waals surface area contributed by atoms with Crippen LogP contribution in [-0.2, 0) is 15.3 Å². The van der Waals surface area contributed by atoms with Gasteiger partial charge in [0.25, 0.3) is 17.5 Å². The quantitative estimate of drug-likeness (QED) is 0.318. The summed E-state index contributed by atoms with van der Waals surface area (Å²) >= 11 is 1.73. The first-order chi connectivity index (χ1) is 10.6. The Kier molecular flexibility index (Phi) is 5.71. The average molecular weight is 320 g/mol. The van der Waals surface area contributed by atoms with Crippen LogP contribution in [0.2, 0.25) is 0 Å². The lowest BCUT2D eigenvalue weighted by Gasteiger charge is -2.12. The summed E-state index contributed by atoms with van der Waals surface area (Å²) in [6.07, 6.45) is 4.29. The molecule has 2 amide bonds. The number of non-ortho nitro benzene ring substituents is 1. The SMILES string of the molecule is O=C1C=CC(=O)N1CCCCSCc1ccc([N+](=O)[O-])cc1. The van der Waals surface area contributed by atoms with Gasteiger partial charge in [0.05, 0.1) is 4.92 Å². The van der Waals surface area contributed by atoms with E-state index in [0.29, 0.717) is 6.54 Å². The first-order valence-electron chi connectivity index (χ1n) is 6.92. The fourth-order valence-corrected chi connectivity index (χ4v) is 3.01. The number of hydrogen-bond acceptors (Lipinski definition) is 5. The maximum atomic E-state index is 11.3. The van der Waals surface area contributed by atoms with Crippen molar-refractivity contribution in [3.63, 3.8) is 0 Å². The van der Waals surface area contributed by atoms with Crippen molar-refractivity contribution in [3.8, 4) is 0 Å². The number of carbonyl (C=O) groups excluding carboxylic acids is 2. The number of rotatable bonds is 8. The molecule has 0 fully saturated rings. The molecule has 0 N–H and O–H groups in total. The fraction of sp³-hybridized carbons (Fsp3) is 0.333. The molecule has 1 aliphatic heterocycles. The van der Waals surface area contributed by atoms with Gasteiger partial charge in [-0.3, -0.25) is 24.6 Å². The van der Waals surface area contributed by atoms with Crippen molar-refractivity contribution in [2.75, 3.05) is 12.3 Å². The lowest BCUT2D eigenvalue weighted by Crippen LogP contribution is -2.30. The van der Waals surface area contributed by atoms with Crippen LogP contribution in [0.3, 0.4) is 0 Å². The highest BCUT2D eigenvalue weighted by Gasteiger charge is 2.22. The number of nitro benzene ring substituents is 1. The molecule has 0 aliphatic carbocycles. The molecule has 2 rings (SSSR count). The number of amides is 2. The summed E-state index contributed by atoms with van der Waals surface area (Å²) in [6, 6.07) is 6.54. The van der Waals surface area contributed by atoms with Crippen molar-refractivity contribution in [3.05, 3.63) is 52.1 Å². The summed E-state index contributed by atoms with van der Waals surface area (Å²) in [5.74, 6) is 1.24. The number of hydrogen-bond donors (Lipinski definition) is 0. The Hall–Kier alpha value is -2.15. The van der Waals surface area contributed by atoms with Gasteiger partial charge in [0.2, 0.25) is 0 Å². The molecule has 0 bridgehead atoms. The molecular weight excluding hydrogens is 304 g/mol. The molecule has 0 aromatic heterocycles. The second-order valence-corrected chi connectivity index (χ2v) is 5.95. The minimum absolute atomic E-state index is 0.0994. The van der Waals surface area contributed by atoms with Gasteiger partial charge in [-0.05, 0) is 24.2 Å². The molecular formula is C15H16N2O4S. The zero-order valence-corrected chi connectivity index (χ0v) is 12.8. The van der Waals surface area contributed by atoms with E-state index < -0.39 is 4.92 Å². The second-order valence-electron chi connectivity index (χ2n) is 4.84. The van der Waals surface area contributed by atoms with Gasteiger partial charge in [0, 0.05) is 36.6 Å². The molecule has 22 heavy (non-hydrogen) atoms. The lowest BCUT2D eigenvalue weighted by atomic mass is 10.2. The van der Waals surface area contributed by atoms with E-state index in [9.17, 15) is 19.7 Å². The van der Waals surface area contributed by atoms with Crippen molar-refractivity contribution in [1.82, 2.24) is 4.90 Å². The second kappa shape index (κ2) is 7.74. The van der Waals surface area contributed by atoms with E-state index >= 15 is 0 Å². The molecule has 0 unspecified atom stereocenters. The van der Waals surface area contributed by atoms with E-state index in [0.717, 1.165) is 29.9 Å². The third-order valence-corrected chi connectivity index (χ3v) is 4.35. The summed E-state index contributed by atoms with van der Waals surface area (Å²) in [4.78, 5) is 34.0. The van der Waals surface area contributed by atoms with Crippen molar-refractivity contribution < 1.29 is 14.5 Å². The molecule has 7 heteroatoms. The summed E-state index contributed by atoms with van der Waals surface area (Å²) in [5.41, 5.74) is 1.15. The first-order valence-corrected chi connectivity index (χ1v) is 8.08. The van der Waals surface area contributed by atoms with Crippen LogP contribution in [0.15, 0.2) is 36.4 Å². The molecule has 0 radical (unpaired) electrons. The van der Waals surface area contributed by atoms with Gasteiger partial charge in [-0.2, -0.15) is 11.8 Å². The molecule has 1 aromatic rings. The summed E-state index contributed by atoms with van der Waals surface area (Å²) in [7, 11) is 0. The normalized spacial score (nSPS) is 13.9. The summed E-state index contributed by atoms with van der Waals surface area (Å²) < 4.78 is 0. The number of nitro groups is 1. The zero-order valence-electron chi connectivity index (χ0n) is 11.9. The summed E-state index contributed by atoms with van der Waals surface area (Å²) in [6.45, 7) is 0.461. The van der Waals surface area contributed by atoms with E-state index in [-0.39, 0.29) is 17.5 Å². The van der Waals surface area contributed by atoms with Gasteiger partial charge in [-0.15, -0.1) is 0 Å². The van der Waals surface area contributed by atoms with E-state index in [1.807, 2.05) is 0 Å². The van der Waals surface area contributed by atoms with E-state index in [4.69, 9.17) is 0 Å². The van der Waals surface area contributed by atoms with Crippen molar-refractivity contribution in [1.29, 1.82) is 0 Å². The highest BCUT2D eigenvalue weighted by molar-refractivity contribution is 7.98. The number of carbonyl (C=O) groups is 2. The van der Waals surface area contributed by atoms with Crippen molar-refractivity contribution >= 4 is 29.3 Å². The lowest BCUT2D eigenvalue weighted by molar-refractivity contribution is -0.384. The number of unbranched alkanes of at least 4 members (excludes halogenated alkanes) is 1. The molecule has 116 valence electrons. The molecule has 0 saturated carbocycles. The molecule has 0 saturated heterocycles. The standard InChI is InChI=1S/C15H16N2O4S/c18-14-7-8-15(19)16(14)9-1-2-10-22-11-12-3-5-13(6-4-12)17(20)21/h3-8H,1-2,9-11H2. The third-order valence-electron chi connectivity index (χ3n) is 3.24.